The van der Waals surface area contributed by atoms with Crippen LogP contribution in [0.25, 0.3) is 10.1 Å². The summed E-state index contributed by atoms with van der Waals surface area (Å²) in [5, 5.41) is 3.97. The molecule has 0 saturated heterocycles. The molecule has 0 aliphatic heterocycles. The second-order valence-electron chi connectivity index (χ2n) is 2.39. The molecule has 0 nitrogen and oxygen atoms in total. The Labute approximate surface area is 98.5 Å². The molecule has 0 N–H and O–H groups in total. The van der Waals surface area contributed by atoms with Crippen molar-refractivity contribution in [2.24, 2.45) is 0 Å². The smallest absolute Gasteiger partial charge is 0.0488 e. The largest absolute Gasteiger partial charge is 0.142 e. The van der Waals surface area contributed by atoms with Gasteiger partial charge in [-0.3, -0.25) is 0 Å². The minimum atomic E-state index is 0.778. The van der Waals surface area contributed by atoms with Gasteiger partial charge in [0, 0.05) is 29.0 Å². The van der Waals surface area contributed by atoms with Crippen molar-refractivity contribution in [1.82, 2.24) is 0 Å². The van der Waals surface area contributed by atoms with Crippen LogP contribution in [0.3, 0.4) is 0 Å². The topological polar surface area (TPSA) is 0 Å². The third-order valence-electron chi connectivity index (χ3n) is 1.57. The van der Waals surface area contributed by atoms with Gasteiger partial charge in [0.05, 0.1) is 0 Å². The fourth-order valence-corrected chi connectivity index (χ4v) is 3.69. The van der Waals surface area contributed by atoms with Gasteiger partial charge in [0.25, 0.3) is 0 Å². The molecule has 0 aliphatic rings. The van der Waals surface area contributed by atoms with E-state index in [1.54, 1.807) is 11.3 Å². The van der Waals surface area contributed by atoms with Gasteiger partial charge in [-0.1, -0.05) is 11.6 Å². The van der Waals surface area contributed by atoms with Gasteiger partial charge >= 0.3 is 0 Å². The Balaban J connectivity index is 2.92. The number of thiol groups is 1. The maximum atomic E-state index is 5.92. The van der Waals surface area contributed by atoms with Gasteiger partial charge < -0.3 is 0 Å². The Kier molecular flexibility index (Phi) is 2.56. The number of fused-ring (bicyclic) bond motifs is 1. The summed E-state index contributed by atoms with van der Waals surface area (Å²) in [6.45, 7) is 0. The molecule has 1 heterocycles. The molecular weight excluding hydrogens is 323 g/mol. The summed E-state index contributed by atoms with van der Waals surface area (Å²) in [6, 6.07) is 3.92. The number of halogens is 2. The molecule has 0 amide bonds. The van der Waals surface area contributed by atoms with E-state index in [1.807, 2.05) is 17.5 Å². The molecule has 2 rings (SSSR count). The predicted octanol–water partition coefficient (Wildman–Crippen LogP) is 4.45. The van der Waals surface area contributed by atoms with Gasteiger partial charge in [0.2, 0.25) is 0 Å². The van der Waals surface area contributed by atoms with E-state index >= 15 is 0 Å². The van der Waals surface area contributed by atoms with Crippen LogP contribution < -0.4 is 0 Å². The number of hydrogen-bond donors (Lipinski definition) is 1. The average Bonchev–Trinajstić information content (AvgIpc) is 2.33. The minimum absolute atomic E-state index is 0.778. The SMILES string of the molecule is Sc1csc2c(I)cc(Cl)cc12. The third-order valence-corrected chi connectivity index (χ3v) is 4.58. The van der Waals surface area contributed by atoms with Crippen molar-refractivity contribution in [3.8, 4) is 0 Å². The van der Waals surface area contributed by atoms with Crippen molar-refractivity contribution in [1.29, 1.82) is 0 Å². The lowest BCUT2D eigenvalue weighted by atomic mass is 10.3. The average molecular weight is 327 g/mol. The third kappa shape index (κ3) is 1.47. The van der Waals surface area contributed by atoms with Crippen molar-refractivity contribution in [3.05, 3.63) is 26.1 Å². The van der Waals surface area contributed by atoms with E-state index in [-0.39, 0.29) is 0 Å². The van der Waals surface area contributed by atoms with Gasteiger partial charge in [-0.15, -0.1) is 24.0 Å². The predicted molar refractivity (Wildman–Crippen MR) is 66.8 cm³/mol. The zero-order valence-corrected chi connectivity index (χ0v) is 10.5. The van der Waals surface area contributed by atoms with Crippen LogP contribution in [0.4, 0.5) is 0 Å². The highest BCUT2D eigenvalue weighted by Crippen LogP contribution is 2.34. The van der Waals surface area contributed by atoms with Crippen LogP contribution in [0, 0.1) is 3.57 Å². The molecule has 0 fully saturated rings. The molecule has 0 unspecified atom stereocenters. The summed E-state index contributed by atoms with van der Waals surface area (Å²) in [6.07, 6.45) is 0. The van der Waals surface area contributed by atoms with Crippen LogP contribution in [-0.4, -0.2) is 0 Å². The van der Waals surface area contributed by atoms with Crippen LogP contribution in [0.5, 0.6) is 0 Å². The Morgan fingerprint density at radius 2 is 2.17 bits per heavy atom. The molecule has 0 bridgehead atoms. The van der Waals surface area contributed by atoms with Crippen LogP contribution in [0.1, 0.15) is 0 Å². The quantitative estimate of drug-likeness (QED) is 0.537. The van der Waals surface area contributed by atoms with Gasteiger partial charge in [-0.05, 0) is 34.7 Å². The standard InChI is InChI=1S/C8H4ClIS2/c9-4-1-5-7(11)3-12-8(5)6(10)2-4/h1-3,11H. The fourth-order valence-electron chi connectivity index (χ4n) is 1.05. The van der Waals surface area contributed by atoms with E-state index in [0.29, 0.717) is 0 Å². The summed E-state index contributed by atoms with van der Waals surface area (Å²) in [5.41, 5.74) is 0. The summed E-state index contributed by atoms with van der Waals surface area (Å²) < 4.78 is 2.46. The van der Waals surface area contributed by atoms with Crippen LogP contribution >= 0.6 is 58.2 Å². The first kappa shape index (κ1) is 9.12. The Morgan fingerprint density at radius 3 is 2.92 bits per heavy atom. The van der Waals surface area contributed by atoms with Gasteiger partial charge in [-0.25, -0.2) is 0 Å². The van der Waals surface area contributed by atoms with Gasteiger partial charge in [0.1, 0.15) is 0 Å². The first-order valence-electron chi connectivity index (χ1n) is 3.23. The van der Waals surface area contributed by atoms with Crippen molar-refractivity contribution in [3.63, 3.8) is 0 Å². The van der Waals surface area contributed by atoms with E-state index in [4.69, 9.17) is 11.6 Å². The molecular formula is C8H4ClIS2. The number of benzene rings is 1. The molecule has 0 spiro atoms. The molecule has 62 valence electrons. The second-order valence-corrected chi connectivity index (χ2v) is 5.35. The maximum absolute atomic E-state index is 5.92. The first-order chi connectivity index (χ1) is 5.68. The lowest BCUT2D eigenvalue weighted by Crippen LogP contribution is -1.72. The first-order valence-corrected chi connectivity index (χ1v) is 6.02. The van der Waals surface area contributed by atoms with Crippen molar-refractivity contribution in [2.75, 3.05) is 0 Å². The van der Waals surface area contributed by atoms with Crippen molar-refractivity contribution < 1.29 is 0 Å². The van der Waals surface area contributed by atoms with Crippen molar-refractivity contribution in [2.45, 2.75) is 4.90 Å². The zero-order chi connectivity index (χ0) is 8.72. The molecule has 0 radical (unpaired) electrons. The molecule has 1 aromatic heterocycles. The maximum Gasteiger partial charge on any atom is 0.0488 e. The van der Waals surface area contributed by atoms with Crippen LogP contribution in [0.2, 0.25) is 5.02 Å². The van der Waals surface area contributed by atoms with E-state index in [9.17, 15) is 0 Å². The lowest BCUT2D eigenvalue weighted by molar-refractivity contribution is 1.66. The Hall–Kier alpha value is 0.550. The minimum Gasteiger partial charge on any atom is -0.142 e. The Bertz CT molecular complexity index is 436. The van der Waals surface area contributed by atoms with Gasteiger partial charge in [-0.2, -0.15) is 0 Å². The van der Waals surface area contributed by atoms with E-state index < -0.39 is 0 Å². The Morgan fingerprint density at radius 1 is 1.42 bits per heavy atom. The monoisotopic (exact) mass is 326 g/mol. The van der Waals surface area contributed by atoms with Gasteiger partial charge in [0.15, 0.2) is 0 Å². The normalized spacial score (nSPS) is 10.9. The fraction of sp³-hybridized carbons (Fsp3) is 0. The second kappa shape index (κ2) is 3.36. The summed E-state index contributed by atoms with van der Waals surface area (Å²) in [7, 11) is 0. The molecule has 0 aliphatic carbocycles. The van der Waals surface area contributed by atoms with E-state index in [0.717, 1.165) is 15.3 Å². The molecule has 2 aromatic rings. The molecule has 4 heteroatoms. The summed E-state index contributed by atoms with van der Waals surface area (Å²) in [5.74, 6) is 0. The highest BCUT2D eigenvalue weighted by molar-refractivity contribution is 14.1. The highest BCUT2D eigenvalue weighted by atomic mass is 127. The summed E-state index contributed by atoms with van der Waals surface area (Å²) in [4.78, 5) is 1.01. The van der Waals surface area contributed by atoms with Crippen LogP contribution in [-0.2, 0) is 0 Å². The zero-order valence-electron chi connectivity index (χ0n) is 5.84. The lowest BCUT2D eigenvalue weighted by Gasteiger charge is -1.95. The number of hydrogen-bond acceptors (Lipinski definition) is 2. The molecule has 1 aromatic carbocycles. The molecule has 0 atom stereocenters. The number of rotatable bonds is 0. The van der Waals surface area contributed by atoms with E-state index in [2.05, 4.69) is 35.2 Å². The van der Waals surface area contributed by atoms with E-state index in [1.165, 1.54) is 8.27 Å². The molecule has 0 saturated carbocycles. The number of thiophene rings is 1. The van der Waals surface area contributed by atoms with Crippen molar-refractivity contribution >= 4 is 68.2 Å². The highest BCUT2D eigenvalue weighted by Gasteiger charge is 2.05. The molecule has 12 heavy (non-hydrogen) atoms. The summed E-state index contributed by atoms with van der Waals surface area (Å²) >= 11 is 14.3. The van der Waals surface area contributed by atoms with Crippen LogP contribution in [0.15, 0.2) is 22.4 Å².